The minimum atomic E-state index is -0.290. The van der Waals surface area contributed by atoms with Gasteiger partial charge in [0.25, 0.3) is 0 Å². The molecule has 0 radical (unpaired) electrons. The highest BCUT2D eigenvalue weighted by molar-refractivity contribution is 7.80. The number of nitrogens with one attached hydrogen (secondary N) is 2. The molecule has 0 aliphatic heterocycles. The van der Waals surface area contributed by atoms with Crippen LogP contribution in [0.2, 0.25) is 0 Å². The van der Waals surface area contributed by atoms with Gasteiger partial charge in [-0.1, -0.05) is 29.8 Å². The number of rotatable bonds is 4. The third-order valence-corrected chi connectivity index (χ3v) is 6.14. The molecule has 4 nitrogen and oxygen atoms in total. The number of fused-ring (bicyclic) bond motifs is 1. The minimum absolute atomic E-state index is 0.0757. The maximum Gasteiger partial charge on any atom is 0.341 e. The Labute approximate surface area is 164 Å². The van der Waals surface area contributed by atoms with Crippen molar-refractivity contribution in [3.8, 4) is 0 Å². The second-order valence-electron chi connectivity index (χ2n) is 6.64. The van der Waals surface area contributed by atoms with Crippen molar-refractivity contribution in [3.63, 3.8) is 0 Å². The average Bonchev–Trinajstić information content (AvgIpc) is 2.99. The van der Waals surface area contributed by atoms with E-state index in [4.69, 9.17) is 17.0 Å². The Morgan fingerprint density at radius 2 is 1.92 bits per heavy atom. The molecule has 138 valence electrons. The minimum Gasteiger partial charge on any atom is -0.465 e. The molecule has 3 rings (SSSR count). The average molecular weight is 389 g/mol. The molecular weight excluding hydrogens is 364 g/mol. The van der Waals surface area contributed by atoms with Gasteiger partial charge in [-0.2, -0.15) is 0 Å². The highest BCUT2D eigenvalue weighted by Crippen LogP contribution is 2.38. The summed E-state index contributed by atoms with van der Waals surface area (Å²) in [6.07, 6.45) is 4.23. The van der Waals surface area contributed by atoms with Gasteiger partial charge >= 0.3 is 5.97 Å². The molecule has 0 spiro atoms. The molecule has 1 aliphatic carbocycles. The molecule has 2 N–H and O–H groups in total. The molecule has 1 aliphatic rings. The van der Waals surface area contributed by atoms with Gasteiger partial charge in [-0.3, -0.25) is 0 Å². The quantitative estimate of drug-likeness (QED) is 0.584. The van der Waals surface area contributed by atoms with Crippen LogP contribution in [0.1, 0.15) is 57.7 Å². The summed E-state index contributed by atoms with van der Waals surface area (Å²) in [5, 5.41) is 7.84. The topological polar surface area (TPSA) is 50.4 Å². The number of carbonyl (C=O) groups excluding carboxylic acids is 1. The molecule has 2 aromatic rings. The van der Waals surface area contributed by atoms with Gasteiger partial charge in [-0.25, -0.2) is 4.79 Å². The predicted molar refractivity (Wildman–Crippen MR) is 111 cm³/mol. The maximum atomic E-state index is 12.3. The van der Waals surface area contributed by atoms with E-state index >= 15 is 0 Å². The van der Waals surface area contributed by atoms with Crippen LogP contribution in [0.5, 0.6) is 0 Å². The third-order valence-electron chi connectivity index (χ3n) is 4.71. The third kappa shape index (κ3) is 4.07. The number of benzene rings is 1. The van der Waals surface area contributed by atoms with Gasteiger partial charge in [0.1, 0.15) is 5.00 Å². The first-order valence-electron chi connectivity index (χ1n) is 8.86. The zero-order valence-corrected chi connectivity index (χ0v) is 17.0. The second kappa shape index (κ2) is 8.18. The largest absolute Gasteiger partial charge is 0.465 e. The zero-order valence-electron chi connectivity index (χ0n) is 15.3. The Hall–Kier alpha value is -1.92. The molecule has 1 aromatic heterocycles. The van der Waals surface area contributed by atoms with E-state index in [1.165, 1.54) is 29.5 Å². The lowest BCUT2D eigenvalue weighted by atomic mass is 9.95. The summed E-state index contributed by atoms with van der Waals surface area (Å²) in [5.41, 5.74) is 4.18. The lowest BCUT2D eigenvalue weighted by molar-refractivity contribution is 0.0601. The van der Waals surface area contributed by atoms with Crippen LogP contribution in [0.3, 0.4) is 0 Å². The number of esters is 1. The van der Waals surface area contributed by atoms with Crippen molar-refractivity contribution in [2.75, 3.05) is 12.4 Å². The Bertz CT molecular complexity index is 812. The Morgan fingerprint density at radius 1 is 1.23 bits per heavy atom. The molecular formula is C20H24N2O2S2. The molecule has 0 bridgehead atoms. The van der Waals surface area contributed by atoms with E-state index in [-0.39, 0.29) is 12.0 Å². The van der Waals surface area contributed by atoms with Crippen molar-refractivity contribution in [1.29, 1.82) is 0 Å². The highest BCUT2D eigenvalue weighted by atomic mass is 32.1. The van der Waals surface area contributed by atoms with Crippen LogP contribution in [0, 0.1) is 6.92 Å². The Kier molecular flexibility index (Phi) is 5.94. The fraction of sp³-hybridized carbons (Fsp3) is 0.400. The Morgan fingerprint density at radius 3 is 2.62 bits per heavy atom. The number of carbonyl (C=O) groups is 1. The molecule has 1 atom stereocenters. The van der Waals surface area contributed by atoms with E-state index in [0.29, 0.717) is 10.7 Å². The molecule has 1 aromatic carbocycles. The van der Waals surface area contributed by atoms with Crippen molar-refractivity contribution >= 4 is 39.6 Å². The van der Waals surface area contributed by atoms with Gasteiger partial charge in [-0.05, 0) is 62.9 Å². The monoisotopic (exact) mass is 388 g/mol. The van der Waals surface area contributed by atoms with Gasteiger partial charge in [0, 0.05) is 4.88 Å². The van der Waals surface area contributed by atoms with Crippen molar-refractivity contribution in [1.82, 2.24) is 5.32 Å². The lowest BCUT2D eigenvalue weighted by Crippen LogP contribution is -2.31. The van der Waals surface area contributed by atoms with Crippen LogP contribution in [-0.2, 0) is 17.6 Å². The number of hydrogen-bond acceptors (Lipinski definition) is 4. The van der Waals surface area contributed by atoms with Crippen molar-refractivity contribution in [2.45, 2.75) is 45.6 Å². The Balaban J connectivity index is 1.75. The van der Waals surface area contributed by atoms with Gasteiger partial charge in [0.15, 0.2) is 5.11 Å². The maximum absolute atomic E-state index is 12.3. The molecule has 1 unspecified atom stereocenters. The van der Waals surface area contributed by atoms with Crippen LogP contribution < -0.4 is 10.6 Å². The van der Waals surface area contributed by atoms with Gasteiger partial charge in [0.2, 0.25) is 0 Å². The molecule has 1 heterocycles. The molecule has 0 amide bonds. The lowest BCUT2D eigenvalue weighted by Gasteiger charge is -2.17. The summed E-state index contributed by atoms with van der Waals surface area (Å²) < 4.78 is 5.01. The predicted octanol–water partition coefficient (Wildman–Crippen LogP) is 4.77. The van der Waals surface area contributed by atoms with E-state index < -0.39 is 0 Å². The van der Waals surface area contributed by atoms with Gasteiger partial charge in [-0.15, -0.1) is 11.3 Å². The first-order valence-corrected chi connectivity index (χ1v) is 10.1. The van der Waals surface area contributed by atoms with Gasteiger partial charge in [0.05, 0.1) is 18.7 Å². The van der Waals surface area contributed by atoms with Crippen LogP contribution in [0.25, 0.3) is 0 Å². The molecule has 26 heavy (non-hydrogen) atoms. The fourth-order valence-corrected chi connectivity index (χ4v) is 4.87. The van der Waals surface area contributed by atoms with Crippen LogP contribution in [0.15, 0.2) is 24.3 Å². The SMILES string of the molecule is COC(=O)c1c(NC(=S)NC(C)c2ccc(C)cc2)sc2c1CCCC2. The zero-order chi connectivity index (χ0) is 18.7. The normalized spacial score (nSPS) is 14.3. The van der Waals surface area contributed by atoms with E-state index in [9.17, 15) is 4.79 Å². The number of methoxy groups -OCH3 is 1. The molecule has 0 saturated heterocycles. The number of aryl methyl sites for hydroxylation is 2. The van der Waals surface area contributed by atoms with Crippen molar-refractivity contribution in [3.05, 3.63) is 51.4 Å². The molecule has 6 heteroatoms. The summed E-state index contributed by atoms with van der Waals surface area (Å²) in [6.45, 7) is 4.14. The number of hydrogen-bond donors (Lipinski definition) is 2. The summed E-state index contributed by atoms with van der Waals surface area (Å²) in [5.74, 6) is -0.290. The van der Waals surface area contributed by atoms with Gasteiger partial charge < -0.3 is 15.4 Å². The first-order chi connectivity index (χ1) is 12.5. The van der Waals surface area contributed by atoms with Crippen LogP contribution in [0.4, 0.5) is 5.00 Å². The standard InChI is InChI=1S/C20H24N2O2S2/c1-12-8-10-14(11-9-12)13(2)21-20(25)22-18-17(19(23)24-3)15-6-4-5-7-16(15)26-18/h8-11,13H,4-7H2,1-3H3,(H2,21,22,25). The number of ether oxygens (including phenoxy) is 1. The molecule has 0 fully saturated rings. The summed E-state index contributed by atoms with van der Waals surface area (Å²) >= 11 is 7.11. The van der Waals surface area contributed by atoms with E-state index in [2.05, 4.69) is 48.7 Å². The molecule has 0 saturated carbocycles. The van der Waals surface area contributed by atoms with E-state index in [1.807, 2.05) is 0 Å². The smallest absolute Gasteiger partial charge is 0.341 e. The fourth-order valence-electron chi connectivity index (χ4n) is 3.25. The summed E-state index contributed by atoms with van der Waals surface area (Å²) in [7, 11) is 1.43. The summed E-state index contributed by atoms with van der Waals surface area (Å²) in [4.78, 5) is 13.6. The number of thiophene rings is 1. The highest BCUT2D eigenvalue weighted by Gasteiger charge is 2.26. The van der Waals surface area contributed by atoms with E-state index in [1.54, 1.807) is 11.3 Å². The van der Waals surface area contributed by atoms with Crippen molar-refractivity contribution in [2.24, 2.45) is 0 Å². The van der Waals surface area contributed by atoms with E-state index in [0.717, 1.165) is 29.8 Å². The number of anilines is 1. The van der Waals surface area contributed by atoms with Crippen LogP contribution >= 0.6 is 23.6 Å². The first kappa shape index (κ1) is 18.9. The van der Waals surface area contributed by atoms with Crippen LogP contribution in [-0.4, -0.2) is 18.2 Å². The van der Waals surface area contributed by atoms with Crippen molar-refractivity contribution < 1.29 is 9.53 Å². The summed E-state index contributed by atoms with van der Waals surface area (Å²) in [6, 6.07) is 8.45. The second-order valence-corrected chi connectivity index (χ2v) is 8.15. The number of thiocarbonyl (C=S) groups is 1.